The lowest BCUT2D eigenvalue weighted by molar-refractivity contribution is 0.172. The Hall–Kier alpha value is -2.05. The van der Waals surface area contributed by atoms with E-state index < -0.39 is 7.04 Å². The fourth-order valence-corrected chi connectivity index (χ4v) is 3.22. The topological polar surface area (TPSA) is 60.0 Å². The number of rotatable bonds is 8. The van der Waals surface area contributed by atoms with E-state index in [1.165, 1.54) is 0 Å². The molecule has 0 spiro atoms. The second kappa shape index (κ2) is 8.17. The number of pyridine rings is 1. The highest BCUT2D eigenvalue weighted by atomic mass is 32.2. The van der Waals surface area contributed by atoms with Gasteiger partial charge in [-0.1, -0.05) is 23.9 Å². The van der Waals surface area contributed by atoms with Gasteiger partial charge in [0.25, 0.3) is 0 Å². The molecular formula is C18H21N3O2S. The van der Waals surface area contributed by atoms with Gasteiger partial charge in [-0.25, -0.2) is 4.98 Å². The third-order valence-electron chi connectivity index (χ3n) is 3.62. The van der Waals surface area contributed by atoms with Crippen LogP contribution in [0.15, 0.2) is 41.7 Å². The summed E-state index contributed by atoms with van der Waals surface area (Å²) in [7, 11) is -2.35. The van der Waals surface area contributed by atoms with Gasteiger partial charge in [0.2, 0.25) is 0 Å². The highest BCUT2D eigenvalue weighted by molar-refractivity contribution is 7.98. The van der Waals surface area contributed by atoms with Crippen molar-refractivity contribution in [3.05, 3.63) is 47.8 Å². The number of H-pyrrole nitrogens is 1. The molecule has 0 atom stereocenters. The Morgan fingerprint density at radius 3 is 3.04 bits per heavy atom. The number of aromatic nitrogens is 3. The zero-order chi connectivity index (χ0) is 19.3. The fraction of sp³-hybridized carbons (Fsp3) is 0.333. The Balaban J connectivity index is 1.54. The Bertz CT molecular complexity index is 866. The first-order valence-electron chi connectivity index (χ1n) is 9.21. The zero-order valence-corrected chi connectivity index (χ0v) is 14.2. The maximum atomic E-state index is 7.00. The van der Waals surface area contributed by atoms with Crippen molar-refractivity contribution in [2.24, 2.45) is 0 Å². The number of fused-ring (bicyclic) bond motifs is 1. The first-order valence-corrected chi connectivity index (χ1v) is 8.70. The standard InChI is InChI=1S/C18H21N3O2S/c1-13-16(19-9-8-17(13)23-11-5-10-22-2)12-24-18-20-14-6-3-4-7-15(14)21-18/h3-4,6-9H,5,10-12H2,1-2H3,(H,20,21)/i2D3. The number of hydrogen-bond donors (Lipinski definition) is 1. The Morgan fingerprint density at radius 1 is 1.25 bits per heavy atom. The quantitative estimate of drug-likeness (QED) is 0.494. The molecule has 3 rings (SSSR count). The van der Waals surface area contributed by atoms with E-state index in [1.54, 1.807) is 18.0 Å². The highest BCUT2D eigenvalue weighted by Gasteiger charge is 2.09. The molecule has 1 aromatic carbocycles. The van der Waals surface area contributed by atoms with Crippen LogP contribution in [0.2, 0.25) is 0 Å². The Labute approximate surface area is 150 Å². The average Bonchev–Trinajstić information content (AvgIpc) is 3.03. The van der Waals surface area contributed by atoms with Crippen molar-refractivity contribution in [3.63, 3.8) is 0 Å². The van der Waals surface area contributed by atoms with Crippen molar-refractivity contribution in [3.8, 4) is 5.75 Å². The molecule has 2 heterocycles. The molecule has 0 aliphatic rings. The summed E-state index contributed by atoms with van der Waals surface area (Å²) in [4.78, 5) is 12.3. The van der Waals surface area contributed by atoms with Gasteiger partial charge >= 0.3 is 0 Å². The molecule has 0 saturated carbocycles. The van der Waals surface area contributed by atoms with Gasteiger partial charge in [-0.05, 0) is 25.1 Å². The van der Waals surface area contributed by atoms with E-state index in [9.17, 15) is 0 Å². The van der Waals surface area contributed by atoms with Crippen molar-refractivity contribution in [1.29, 1.82) is 0 Å². The number of thioether (sulfide) groups is 1. The van der Waals surface area contributed by atoms with Gasteiger partial charge in [0, 0.05) is 37.6 Å². The lowest BCUT2D eigenvalue weighted by atomic mass is 10.2. The molecule has 0 amide bonds. The summed E-state index contributed by atoms with van der Waals surface area (Å²) < 4.78 is 31.5. The maximum Gasteiger partial charge on any atom is 0.166 e. The van der Waals surface area contributed by atoms with Crippen LogP contribution >= 0.6 is 11.8 Å². The van der Waals surface area contributed by atoms with Crippen LogP contribution in [0.4, 0.5) is 0 Å². The van der Waals surface area contributed by atoms with Gasteiger partial charge in [0.05, 0.1) is 27.4 Å². The van der Waals surface area contributed by atoms with Crippen molar-refractivity contribution in [2.75, 3.05) is 20.3 Å². The minimum absolute atomic E-state index is 0.134. The molecule has 3 aromatic rings. The number of aromatic amines is 1. The van der Waals surface area contributed by atoms with Crippen LogP contribution in [0.5, 0.6) is 5.75 Å². The third kappa shape index (κ3) is 4.07. The molecule has 0 bridgehead atoms. The number of para-hydroxylation sites is 2. The molecule has 0 saturated heterocycles. The van der Waals surface area contributed by atoms with Gasteiger partial charge in [-0.3, -0.25) is 4.98 Å². The summed E-state index contributed by atoms with van der Waals surface area (Å²) in [5.41, 5.74) is 3.86. The maximum absolute atomic E-state index is 7.00. The van der Waals surface area contributed by atoms with Gasteiger partial charge in [0.1, 0.15) is 5.75 Å². The molecule has 1 N–H and O–H groups in total. The molecule has 5 nitrogen and oxygen atoms in total. The van der Waals surface area contributed by atoms with Crippen LogP contribution in [0, 0.1) is 6.92 Å². The molecular weight excluding hydrogens is 322 g/mol. The summed E-state index contributed by atoms with van der Waals surface area (Å²) in [5, 5.41) is 0.852. The SMILES string of the molecule is [2H]C([2H])([2H])OCCCOc1ccnc(CSc2nc3ccccc3[nH]2)c1C. The molecule has 0 aliphatic carbocycles. The number of imidazole rings is 1. The summed E-state index contributed by atoms with van der Waals surface area (Å²) in [6.07, 6.45) is 2.22. The lowest BCUT2D eigenvalue weighted by Gasteiger charge is -2.11. The molecule has 0 fully saturated rings. The van der Waals surface area contributed by atoms with E-state index in [-0.39, 0.29) is 6.61 Å². The monoisotopic (exact) mass is 346 g/mol. The largest absolute Gasteiger partial charge is 0.493 e. The summed E-state index contributed by atoms with van der Waals surface area (Å²) >= 11 is 1.59. The Morgan fingerprint density at radius 2 is 2.17 bits per heavy atom. The van der Waals surface area contributed by atoms with E-state index in [2.05, 4.69) is 15.0 Å². The van der Waals surface area contributed by atoms with E-state index in [0.717, 1.165) is 33.2 Å². The third-order valence-corrected chi connectivity index (χ3v) is 4.50. The highest BCUT2D eigenvalue weighted by Crippen LogP contribution is 2.27. The summed E-state index contributed by atoms with van der Waals surface area (Å²) in [5.74, 6) is 1.42. The van der Waals surface area contributed by atoms with E-state index in [4.69, 9.17) is 13.6 Å². The predicted molar refractivity (Wildman–Crippen MR) is 96.6 cm³/mol. The molecule has 24 heavy (non-hydrogen) atoms. The van der Waals surface area contributed by atoms with E-state index in [1.807, 2.05) is 37.3 Å². The van der Waals surface area contributed by atoms with Gasteiger partial charge in [0.15, 0.2) is 5.16 Å². The summed E-state index contributed by atoms with van der Waals surface area (Å²) in [6.45, 7) is 2.49. The minimum Gasteiger partial charge on any atom is -0.493 e. The normalized spacial score (nSPS) is 13.5. The van der Waals surface area contributed by atoms with Crippen LogP contribution in [-0.2, 0) is 10.5 Å². The van der Waals surface area contributed by atoms with Crippen molar-refractivity contribution in [1.82, 2.24) is 15.0 Å². The molecule has 0 aliphatic heterocycles. The molecule has 0 unspecified atom stereocenters. The van der Waals surface area contributed by atoms with E-state index >= 15 is 0 Å². The second-order valence-corrected chi connectivity index (χ2v) is 6.24. The average molecular weight is 346 g/mol. The predicted octanol–water partition coefficient (Wildman–Crippen LogP) is 3.97. The first kappa shape index (κ1) is 13.3. The van der Waals surface area contributed by atoms with Crippen LogP contribution < -0.4 is 4.74 Å². The first-order chi connectivity index (χ1) is 12.9. The van der Waals surface area contributed by atoms with Crippen molar-refractivity contribution < 1.29 is 13.6 Å². The van der Waals surface area contributed by atoms with Crippen LogP contribution in [0.3, 0.4) is 0 Å². The van der Waals surface area contributed by atoms with E-state index in [0.29, 0.717) is 18.8 Å². The van der Waals surface area contributed by atoms with Crippen LogP contribution in [-0.4, -0.2) is 35.2 Å². The van der Waals surface area contributed by atoms with Gasteiger partial charge < -0.3 is 14.5 Å². The van der Waals surface area contributed by atoms with Crippen LogP contribution in [0.1, 0.15) is 21.8 Å². The molecule has 6 heteroatoms. The second-order valence-electron chi connectivity index (χ2n) is 5.28. The van der Waals surface area contributed by atoms with Gasteiger partial charge in [-0.2, -0.15) is 0 Å². The number of hydrogen-bond acceptors (Lipinski definition) is 5. The zero-order valence-electron chi connectivity index (χ0n) is 16.4. The van der Waals surface area contributed by atoms with Crippen LogP contribution in [0.25, 0.3) is 11.0 Å². The lowest BCUT2D eigenvalue weighted by Crippen LogP contribution is -2.04. The number of nitrogens with one attached hydrogen (secondary N) is 1. The molecule has 126 valence electrons. The minimum atomic E-state index is -2.35. The number of nitrogens with zero attached hydrogens (tertiary/aromatic N) is 2. The van der Waals surface area contributed by atoms with Crippen molar-refractivity contribution >= 4 is 22.8 Å². The number of methoxy groups -OCH3 is 1. The fourth-order valence-electron chi connectivity index (χ4n) is 2.31. The van der Waals surface area contributed by atoms with Crippen molar-refractivity contribution in [2.45, 2.75) is 24.3 Å². The summed E-state index contributed by atoms with van der Waals surface area (Å²) in [6, 6.07) is 9.73. The molecule has 0 radical (unpaired) electrons. The van der Waals surface area contributed by atoms with Gasteiger partial charge in [-0.15, -0.1) is 0 Å². The number of benzene rings is 1. The molecule has 2 aromatic heterocycles. The Kier molecular flexibility index (Phi) is 4.51. The smallest absolute Gasteiger partial charge is 0.166 e. The number of ether oxygens (including phenoxy) is 2.